The second-order valence-electron chi connectivity index (χ2n) is 7.47. The Morgan fingerprint density at radius 3 is 2.38 bits per heavy atom. The third kappa shape index (κ3) is 3.43. The molecule has 0 bridgehead atoms. The van der Waals surface area contributed by atoms with Gasteiger partial charge in [0.15, 0.2) is 11.2 Å². The summed E-state index contributed by atoms with van der Waals surface area (Å²) in [5.41, 5.74) is 1.98. The number of carbonyl (C=O) groups excluding carboxylic acids is 1. The highest BCUT2D eigenvalue weighted by Gasteiger charge is 2.25. The van der Waals surface area contributed by atoms with Crippen molar-refractivity contribution in [1.29, 1.82) is 0 Å². The van der Waals surface area contributed by atoms with Gasteiger partial charge in [-0.25, -0.2) is 4.79 Å². The Balaban J connectivity index is 1.82. The molecule has 152 valence electrons. The number of benzene rings is 1. The van der Waals surface area contributed by atoms with Gasteiger partial charge in [-0.15, -0.1) is 0 Å². The summed E-state index contributed by atoms with van der Waals surface area (Å²) in [5, 5.41) is 0. The third-order valence-electron chi connectivity index (χ3n) is 5.46. The number of aryl methyl sites for hydroxylation is 2. The van der Waals surface area contributed by atoms with E-state index >= 15 is 0 Å². The lowest BCUT2D eigenvalue weighted by atomic mass is 10.1. The topological polar surface area (TPSA) is 96.2 Å². The minimum Gasteiger partial charge on any atom is -0.339 e. The van der Waals surface area contributed by atoms with Crippen LogP contribution in [0.4, 0.5) is 5.95 Å². The molecule has 4 rings (SSSR count). The minimum atomic E-state index is -0.490. The molecule has 0 unspecified atom stereocenters. The lowest BCUT2D eigenvalue weighted by Crippen LogP contribution is -2.48. The molecule has 0 spiro atoms. The molecule has 9 heteroatoms. The lowest BCUT2D eigenvalue weighted by molar-refractivity contribution is -0.129. The number of hydrogen-bond donors (Lipinski definition) is 1. The molecule has 1 aromatic carbocycles. The molecule has 0 aliphatic carbocycles. The van der Waals surface area contributed by atoms with Crippen molar-refractivity contribution in [2.45, 2.75) is 20.4 Å². The van der Waals surface area contributed by atoms with Crippen LogP contribution < -0.4 is 16.1 Å². The van der Waals surface area contributed by atoms with E-state index in [1.807, 2.05) is 35.8 Å². The first-order valence-electron chi connectivity index (χ1n) is 9.60. The Morgan fingerprint density at radius 2 is 1.76 bits per heavy atom. The summed E-state index contributed by atoms with van der Waals surface area (Å²) in [7, 11) is 1.60. The summed E-state index contributed by atoms with van der Waals surface area (Å²) < 4.78 is 3.22. The number of carbonyl (C=O) groups is 1. The van der Waals surface area contributed by atoms with Crippen LogP contribution in [-0.2, 0) is 18.4 Å². The van der Waals surface area contributed by atoms with Gasteiger partial charge in [-0.3, -0.25) is 23.7 Å². The zero-order valence-corrected chi connectivity index (χ0v) is 16.8. The molecule has 0 saturated carbocycles. The smallest absolute Gasteiger partial charge is 0.329 e. The highest BCUT2D eigenvalue weighted by Crippen LogP contribution is 2.22. The van der Waals surface area contributed by atoms with Crippen molar-refractivity contribution in [3.05, 3.63) is 56.2 Å². The average Bonchev–Trinajstić information content (AvgIpc) is 3.08. The molecule has 1 fully saturated rings. The van der Waals surface area contributed by atoms with E-state index < -0.39 is 11.2 Å². The van der Waals surface area contributed by atoms with Crippen LogP contribution in [0.2, 0.25) is 0 Å². The van der Waals surface area contributed by atoms with Crippen molar-refractivity contribution in [1.82, 2.24) is 24.0 Å². The number of aromatic nitrogens is 4. The van der Waals surface area contributed by atoms with Gasteiger partial charge in [0.25, 0.3) is 5.56 Å². The fourth-order valence-electron chi connectivity index (χ4n) is 3.71. The second kappa shape index (κ2) is 7.23. The van der Waals surface area contributed by atoms with Crippen LogP contribution in [0.15, 0.2) is 33.9 Å². The number of aromatic amines is 1. The van der Waals surface area contributed by atoms with E-state index in [1.165, 1.54) is 4.57 Å². The van der Waals surface area contributed by atoms with Crippen LogP contribution >= 0.6 is 0 Å². The second-order valence-corrected chi connectivity index (χ2v) is 7.47. The molecular weight excluding hydrogens is 372 g/mol. The van der Waals surface area contributed by atoms with Gasteiger partial charge in [-0.2, -0.15) is 4.98 Å². The van der Waals surface area contributed by atoms with Crippen molar-refractivity contribution in [2.24, 2.45) is 7.05 Å². The van der Waals surface area contributed by atoms with Gasteiger partial charge < -0.3 is 9.80 Å². The zero-order chi connectivity index (χ0) is 20.7. The number of nitrogens with one attached hydrogen (secondary N) is 1. The van der Waals surface area contributed by atoms with E-state index in [0.717, 1.165) is 11.1 Å². The first kappa shape index (κ1) is 19.0. The molecule has 3 heterocycles. The van der Waals surface area contributed by atoms with Crippen molar-refractivity contribution in [2.75, 3.05) is 31.1 Å². The minimum absolute atomic E-state index is 0.0525. The number of amides is 1. The average molecular weight is 396 g/mol. The summed E-state index contributed by atoms with van der Waals surface area (Å²) in [4.78, 5) is 47.3. The van der Waals surface area contributed by atoms with Crippen LogP contribution in [-0.4, -0.2) is 56.1 Å². The van der Waals surface area contributed by atoms with E-state index in [4.69, 9.17) is 0 Å². The summed E-state index contributed by atoms with van der Waals surface area (Å²) in [5.74, 6) is 0.687. The first-order valence-corrected chi connectivity index (χ1v) is 9.60. The molecule has 0 atom stereocenters. The maximum Gasteiger partial charge on any atom is 0.329 e. The fraction of sp³-hybridized carbons (Fsp3) is 0.400. The Hall–Kier alpha value is -3.36. The number of piperazine rings is 1. The number of nitrogens with zero attached hydrogens (tertiary/aromatic N) is 5. The van der Waals surface area contributed by atoms with Gasteiger partial charge in [0, 0.05) is 40.2 Å². The summed E-state index contributed by atoms with van der Waals surface area (Å²) in [6.07, 6.45) is 0. The fourth-order valence-corrected chi connectivity index (χ4v) is 3.71. The standard InChI is InChI=1S/C20H24N6O3/c1-13-4-6-15(7-5-13)12-26-16-17(23(3)20(29)22-18(16)28)21-19(26)25-10-8-24(9-11-25)14(2)27/h4-7H,8-12H2,1-3H3,(H,22,28,29). The normalized spacial score (nSPS) is 14.6. The number of anilines is 1. The Labute approximate surface area is 167 Å². The highest BCUT2D eigenvalue weighted by molar-refractivity contribution is 5.75. The van der Waals surface area contributed by atoms with Crippen LogP contribution in [0.3, 0.4) is 0 Å². The van der Waals surface area contributed by atoms with E-state index in [9.17, 15) is 14.4 Å². The first-order chi connectivity index (χ1) is 13.8. The lowest BCUT2D eigenvalue weighted by Gasteiger charge is -2.35. The van der Waals surface area contributed by atoms with Gasteiger partial charge in [0.1, 0.15) is 0 Å². The quantitative estimate of drug-likeness (QED) is 0.693. The van der Waals surface area contributed by atoms with E-state index in [1.54, 1.807) is 18.9 Å². The van der Waals surface area contributed by atoms with Crippen LogP contribution in [0, 0.1) is 6.92 Å². The summed E-state index contributed by atoms with van der Waals surface area (Å²) in [6.45, 7) is 6.47. The van der Waals surface area contributed by atoms with Crippen LogP contribution in [0.25, 0.3) is 11.2 Å². The molecule has 1 aliphatic rings. The van der Waals surface area contributed by atoms with Gasteiger partial charge >= 0.3 is 5.69 Å². The van der Waals surface area contributed by atoms with Gasteiger partial charge in [-0.1, -0.05) is 29.8 Å². The monoisotopic (exact) mass is 396 g/mol. The van der Waals surface area contributed by atoms with E-state index in [2.05, 4.69) is 14.9 Å². The molecule has 0 radical (unpaired) electrons. The maximum absolute atomic E-state index is 12.7. The molecule has 1 aliphatic heterocycles. The maximum atomic E-state index is 12.7. The molecule has 2 aromatic heterocycles. The molecular formula is C20H24N6O3. The summed E-state index contributed by atoms with van der Waals surface area (Å²) >= 11 is 0. The zero-order valence-electron chi connectivity index (χ0n) is 16.8. The predicted octanol–water partition coefficient (Wildman–Crippen LogP) is 0.449. The van der Waals surface area contributed by atoms with E-state index in [0.29, 0.717) is 49.8 Å². The van der Waals surface area contributed by atoms with Gasteiger partial charge in [0.2, 0.25) is 11.9 Å². The predicted molar refractivity (Wildman–Crippen MR) is 110 cm³/mol. The van der Waals surface area contributed by atoms with Gasteiger partial charge in [0.05, 0.1) is 6.54 Å². The number of hydrogen-bond acceptors (Lipinski definition) is 5. The Kier molecular flexibility index (Phi) is 4.73. The van der Waals surface area contributed by atoms with Crippen molar-refractivity contribution >= 4 is 23.0 Å². The molecule has 1 saturated heterocycles. The molecule has 9 nitrogen and oxygen atoms in total. The van der Waals surface area contributed by atoms with Crippen molar-refractivity contribution < 1.29 is 4.79 Å². The SMILES string of the molecule is CC(=O)N1CCN(c2nc3c(c(=O)[nH]c(=O)n3C)n2Cc2ccc(C)cc2)CC1. The number of imidazole rings is 1. The number of rotatable bonds is 3. The van der Waals surface area contributed by atoms with Gasteiger partial charge in [-0.05, 0) is 12.5 Å². The largest absolute Gasteiger partial charge is 0.339 e. The third-order valence-corrected chi connectivity index (χ3v) is 5.46. The molecule has 3 aromatic rings. The van der Waals surface area contributed by atoms with Crippen LogP contribution in [0.1, 0.15) is 18.1 Å². The summed E-state index contributed by atoms with van der Waals surface area (Å²) in [6, 6.07) is 8.10. The van der Waals surface area contributed by atoms with Crippen molar-refractivity contribution in [3.63, 3.8) is 0 Å². The highest BCUT2D eigenvalue weighted by atomic mass is 16.2. The molecule has 1 N–H and O–H groups in total. The molecule has 29 heavy (non-hydrogen) atoms. The van der Waals surface area contributed by atoms with E-state index in [-0.39, 0.29) is 5.91 Å². The molecule has 1 amide bonds. The number of H-pyrrole nitrogens is 1. The Morgan fingerprint density at radius 1 is 1.10 bits per heavy atom. The Bertz CT molecular complexity index is 1180. The van der Waals surface area contributed by atoms with Crippen LogP contribution in [0.5, 0.6) is 0 Å². The van der Waals surface area contributed by atoms with Crippen molar-refractivity contribution in [3.8, 4) is 0 Å². The number of fused-ring (bicyclic) bond motifs is 1.